The molecule has 1 amide bonds. The minimum Gasteiger partial charge on any atom is -0.507 e. The molecule has 0 radical (unpaired) electrons. The van der Waals surface area contributed by atoms with Gasteiger partial charge in [-0.15, -0.1) is 0 Å². The Morgan fingerprint density at radius 3 is 2.11 bits per heavy atom. The first-order valence-electron chi connectivity index (χ1n) is 11.2. The Bertz CT molecular complexity index is 1390. The molecule has 3 aromatic rings. The maximum Gasteiger partial charge on any atom is 0.338 e. The van der Waals surface area contributed by atoms with Crippen molar-refractivity contribution < 1.29 is 33.9 Å². The van der Waals surface area contributed by atoms with Crippen LogP contribution in [0.3, 0.4) is 0 Å². The maximum atomic E-state index is 13.2. The molecular weight excluding hydrogens is 480 g/mol. The van der Waals surface area contributed by atoms with Gasteiger partial charge in [-0.1, -0.05) is 12.1 Å². The molecule has 188 valence electrons. The van der Waals surface area contributed by atoms with Gasteiger partial charge in [0.05, 0.1) is 35.8 Å². The zero-order valence-electron chi connectivity index (χ0n) is 19.9. The number of hydrogen-bond donors (Lipinski definition) is 1. The first-order valence-corrected chi connectivity index (χ1v) is 11.2. The number of rotatable bonds is 7. The normalized spacial score (nSPS) is 16.5. The molecule has 10 heteroatoms. The summed E-state index contributed by atoms with van der Waals surface area (Å²) in [6, 6.07) is 16.6. The van der Waals surface area contributed by atoms with Crippen LogP contribution >= 0.6 is 0 Å². The summed E-state index contributed by atoms with van der Waals surface area (Å²) in [5.74, 6) is -2.25. The highest BCUT2D eigenvalue weighted by atomic mass is 16.6. The summed E-state index contributed by atoms with van der Waals surface area (Å²) in [7, 11) is 1.50. The Hall–Kier alpha value is -4.99. The minimum absolute atomic E-state index is 0.139. The summed E-state index contributed by atoms with van der Waals surface area (Å²) in [4.78, 5) is 50.2. The van der Waals surface area contributed by atoms with E-state index in [0.29, 0.717) is 17.0 Å². The Kier molecular flexibility index (Phi) is 7.01. The molecule has 1 N–H and O–H groups in total. The number of anilines is 1. The van der Waals surface area contributed by atoms with E-state index in [1.807, 2.05) is 0 Å². The SMILES string of the molecule is CCOC(=O)c1ccc(N2C(=O)C(=O)/C(=C(/O)c3ccc([N+](=O)[O-])cc3)C2c2ccc(OC)cc2)cc1. The lowest BCUT2D eigenvalue weighted by molar-refractivity contribution is -0.384. The van der Waals surface area contributed by atoms with Gasteiger partial charge in [-0.25, -0.2) is 4.79 Å². The number of non-ortho nitro benzene ring substituents is 1. The van der Waals surface area contributed by atoms with E-state index in [9.17, 15) is 29.6 Å². The third kappa shape index (κ3) is 4.76. The molecule has 10 nitrogen and oxygen atoms in total. The third-order valence-electron chi connectivity index (χ3n) is 5.88. The number of carbonyl (C=O) groups excluding carboxylic acids is 3. The summed E-state index contributed by atoms with van der Waals surface area (Å²) in [6.07, 6.45) is 0. The van der Waals surface area contributed by atoms with Crippen LogP contribution < -0.4 is 9.64 Å². The second-order valence-electron chi connectivity index (χ2n) is 8.01. The van der Waals surface area contributed by atoms with Crippen molar-refractivity contribution in [1.29, 1.82) is 0 Å². The van der Waals surface area contributed by atoms with E-state index in [1.165, 1.54) is 60.5 Å². The van der Waals surface area contributed by atoms with Crippen LogP contribution in [0.15, 0.2) is 78.4 Å². The highest BCUT2D eigenvalue weighted by Crippen LogP contribution is 2.42. The summed E-state index contributed by atoms with van der Waals surface area (Å²) >= 11 is 0. The number of nitro groups is 1. The van der Waals surface area contributed by atoms with Crippen LogP contribution in [0.1, 0.15) is 34.5 Å². The van der Waals surface area contributed by atoms with E-state index < -0.39 is 34.4 Å². The third-order valence-corrected chi connectivity index (χ3v) is 5.88. The lowest BCUT2D eigenvalue weighted by atomic mass is 9.95. The Morgan fingerprint density at radius 1 is 0.973 bits per heavy atom. The number of ether oxygens (including phenoxy) is 2. The van der Waals surface area contributed by atoms with Crippen LogP contribution in [-0.4, -0.2) is 41.4 Å². The number of nitro benzene ring substituents is 1. The number of Topliss-reactive ketones (excluding diaryl/α,β-unsaturated/α-hetero) is 1. The van der Waals surface area contributed by atoms with E-state index in [4.69, 9.17) is 9.47 Å². The topological polar surface area (TPSA) is 136 Å². The molecule has 0 bridgehead atoms. The first-order chi connectivity index (χ1) is 17.8. The standard InChI is InChI=1S/C27H22N2O8/c1-3-37-27(33)18-6-10-19(11-7-18)28-23(16-8-14-21(36-2)15-9-16)22(25(31)26(28)32)24(30)17-4-12-20(13-5-17)29(34)35/h4-15,23,30H,3H2,1-2H3/b24-22+. The Morgan fingerprint density at radius 2 is 1.57 bits per heavy atom. The molecule has 4 rings (SSSR count). The van der Waals surface area contributed by atoms with E-state index in [1.54, 1.807) is 31.2 Å². The molecule has 1 saturated heterocycles. The van der Waals surface area contributed by atoms with Gasteiger partial charge in [0.15, 0.2) is 0 Å². The van der Waals surface area contributed by atoms with Crippen molar-refractivity contribution in [2.75, 3.05) is 18.6 Å². The molecule has 1 aliphatic heterocycles. The van der Waals surface area contributed by atoms with Gasteiger partial charge in [0.25, 0.3) is 17.4 Å². The van der Waals surface area contributed by atoms with E-state index in [2.05, 4.69) is 0 Å². The fourth-order valence-electron chi connectivity index (χ4n) is 4.07. The minimum atomic E-state index is -1.02. The molecule has 3 aromatic carbocycles. The molecule has 0 aliphatic carbocycles. The summed E-state index contributed by atoms with van der Waals surface area (Å²) in [6.45, 7) is 1.89. The number of ketones is 1. The van der Waals surface area contributed by atoms with Gasteiger partial charge >= 0.3 is 5.97 Å². The van der Waals surface area contributed by atoms with E-state index in [0.717, 1.165) is 0 Å². The highest BCUT2D eigenvalue weighted by molar-refractivity contribution is 6.51. The second-order valence-corrected chi connectivity index (χ2v) is 8.01. The van der Waals surface area contributed by atoms with Gasteiger partial charge in [-0.2, -0.15) is 0 Å². The number of carbonyl (C=O) groups is 3. The average Bonchev–Trinajstić information content (AvgIpc) is 3.18. The number of aliphatic hydroxyl groups is 1. The molecule has 1 atom stereocenters. The quantitative estimate of drug-likeness (QED) is 0.125. The van der Waals surface area contributed by atoms with Gasteiger partial charge in [0.2, 0.25) is 0 Å². The zero-order valence-corrected chi connectivity index (χ0v) is 19.9. The van der Waals surface area contributed by atoms with Crippen molar-refractivity contribution in [3.63, 3.8) is 0 Å². The fraction of sp³-hybridized carbons (Fsp3) is 0.148. The van der Waals surface area contributed by atoms with Crippen LogP contribution in [0.2, 0.25) is 0 Å². The molecule has 1 unspecified atom stereocenters. The van der Waals surface area contributed by atoms with Crippen LogP contribution in [0, 0.1) is 10.1 Å². The molecular formula is C27H22N2O8. The Labute approximate surface area is 211 Å². The molecule has 37 heavy (non-hydrogen) atoms. The number of amides is 1. The molecule has 0 spiro atoms. The molecule has 1 fully saturated rings. The number of methoxy groups -OCH3 is 1. The van der Waals surface area contributed by atoms with Crippen LogP contribution in [0.25, 0.3) is 5.76 Å². The van der Waals surface area contributed by atoms with Gasteiger partial charge in [0.1, 0.15) is 11.5 Å². The van der Waals surface area contributed by atoms with Crippen molar-refractivity contribution in [3.8, 4) is 5.75 Å². The summed E-state index contributed by atoms with van der Waals surface area (Å²) in [5, 5.41) is 22.1. The first kappa shape index (κ1) is 25.1. The van der Waals surface area contributed by atoms with Crippen molar-refractivity contribution in [2.45, 2.75) is 13.0 Å². The Balaban J connectivity index is 1.85. The largest absolute Gasteiger partial charge is 0.507 e. The lowest BCUT2D eigenvalue weighted by Gasteiger charge is -2.25. The molecule has 0 aromatic heterocycles. The van der Waals surface area contributed by atoms with Gasteiger partial charge < -0.3 is 14.6 Å². The number of esters is 1. The number of nitrogens with zero attached hydrogens (tertiary/aromatic N) is 2. The zero-order chi connectivity index (χ0) is 26.7. The molecule has 1 aliphatic rings. The van der Waals surface area contributed by atoms with Crippen molar-refractivity contribution in [2.24, 2.45) is 0 Å². The van der Waals surface area contributed by atoms with Gasteiger partial charge in [-0.05, 0) is 61.0 Å². The van der Waals surface area contributed by atoms with Crippen molar-refractivity contribution >= 4 is 34.8 Å². The smallest absolute Gasteiger partial charge is 0.338 e. The average molecular weight is 502 g/mol. The highest BCUT2D eigenvalue weighted by Gasteiger charge is 2.47. The van der Waals surface area contributed by atoms with Crippen LogP contribution in [0.4, 0.5) is 11.4 Å². The lowest BCUT2D eigenvalue weighted by Crippen LogP contribution is -2.29. The molecule has 1 heterocycles. The van der Waals surface area contributed by atoms with Crippen LogP contribution in [0.5, 0.6) is 5.75 Å². The molecule has 0 saturated carbocycles. The maximum absolute atomic E-state index is 13.2. The van der Waals surface area contributed by atoms with Gasteiger partial charge in [-0.3, -0.25) is 24.6 Å². The fourth-order valence-corrected chi connectivity index (χ4v) is 4.07. The van der Waals surface area contributed by atoms with E-state index in [-0.39, 0.29) is 29.0 Å². The van der Waals surface area contributed by atoms with Crippen molar-refractivity contribution in [3.05, 3.63) is 105 Å². The predicted octanol–water partition coefficient (Wildman–Crippen LogP) is 4.41. The summed E-state index contributed by atoms with van der Waals surface area (Å²) in [5.41, 5.74) is 0.870. The van der Waals surface area contributed by atoms with E-state index >= 15 is 0 Å². The number of aliphatic hydroxyl groups excluding tert-OH is 1. The number of hydrogen-bond acceptors (Lipinski definition) is 8. The second kappa shape index (κ2) is 10.3. The summed E-state index contributed by atoms with van der Waals surface area (Å²) < 4.78 is 10.2. The predicted molar refractivity (Wildman–Crippen MR) is 133 cm³/mol. The van der Waals surface area contributed by atoms with Crippen LogP contribution in [-0.2, 0) is 14.3 Å². The van der Waals surface area contributed by atoms with Gasteiger partial charge in [0, 0.05) is 23.4 Å². The van der Waals surface area contributed by atoms with Crippen molar-refractivity contribution in [1.82, 2.24) is 0 Å². The number of benzene rings is 3. The monoisotopic (exact) mass is 502 g/mol.